The topological polar surface area (TPSA) is 261 Å². The summed E-state index contributed by atoms with van der Waals surface area (Å²) in [5.74, 6) is -4.33. The van der Waals surface area contributed by atoms with Gasteiger partial charge in [0.15, 0.2) is 64.2 Å². The first-order valence-corrected chi connectivity index (χ1v) is 60.7. The largest absolute Gasteiger partial charge is 0.462 e. The van der Waals surface area contributed by atoms with Gasteiger partial charge in [0.25, 0.3) is 3.79 Å². The van der Waals surface area contributed by atoms with Crippen molar-refractivity contribution in [3.8, 4) is 0 Å². The van der Waals surface area contributed by atoms with E-state index < -0.39 is 195 Å². The SMILES string of the molecule is CC[C@H](C)[C@H](C[C@@H](CC(=O)O[C@H]1C(C)O[C@@H](OC(=N)C(Cl)(Cl)Cl)C(OC[C@@H]2O[C@@H](C)[C@H](O[C@@H]3OC[C@H](OCc4ccccc4)C(O[C@H]4OC[C@]5(COCc6ccccc6)O[C@@H](c6ccccc6)OC45)C3C)C3OC(C)(C)OC32)C1C)O[Si](C)(C)C(C)(C)C)OC(=O)C[C@H](C[C@H](O[C@@H]1O[C@H](CO[Si](C)(C)C(C)(C)C)C(O[Si](C)(C)C(C)(C)C)C1C)[C@@H](C)CC)O[Si](C)(C)C(C)(C)C. The zero-order valence-corrected chi connectivity index (χ0v) is 90.6. The summed E-state index contributed by atoms with van der Waals surface area (Å²) in [5, 5.41) is 8.28. The van der Waals surface area contributed by atoms with E-state index >= 15 is 9.59 Å². The summed E-state index contributed by atoms with van der Waals surface area (Å²) in [6, 6.07) is 29.7. The quantitative estimate of drug-likeness (QED) is 0.0182. The zero-order valence-electron chi connectivity index (χ0n) is 84.4. The number of benzene rings is 3. The third-order valence-electron chi connectivity index (χ3n) is 29.8. The molecule has 10 unspecified atom stereocenters. The summed E-state index contributed by atoms with van der Waals surface area (Å²) in [6.45, 7) is 67.5. The number of fused-ring (bicyclic) bond motifs is 2. The van der Waals surface area contributed by atoms with Crippen LogP contribution in [0.3, 0.4) is 0 Å². The van der Waals surface area contributed by atoms with E-state index in [1.54, 1.807) is 6.92 Å². The normalized spacial score (nSPS) is 32.0. The molecule has 0 radical (unpaired) electrons. The Morgan fingerprint density at radius 2 is 1.04 bits per heavy atom. The van der Waals surface area contributed by atoms with Gasteiger partial charge in [0.05, 0.1) is 102 Å². The van der Waals surface area contributed by atoms with Crippen LogP contribution in [0.15, 0.2) is 91.0 Å². The zero-order chi connectivity index (χ0) is 96.9. The number of esters is 2. The molecule has 1 N–H and O–H groups in total. The first kappa shape index (κ1) is 110. The average Bonchev–Trinajstić information content (AvgIpc) is 1.59. The molecular formula is C99H162Cl3NO24Si4. The van der Waals surface area contributed by atoms with Crippen molar-refractivity contribution < 1.29 is 113 Å². The molecule has 0 saturated carbocycles. The number of hydrogen-bond donors (Lipinski definition) is 1. The Bertz CT molecular complexity index is 4080. The number of nitrogens with one attached hydrogen (secondary N) is 1. The molecule has 0 spiro atoms. The van der Waals surface area contributed by atoms with E-state index in [1.807, 2.05) is 126 Å². The third-order valence-corrected chi connectivity index (χ3v) is 48.4. The van der Waals surface area contributed by atoms with Gasteiger partial charge in [-0.2, -0.15) is 0 Å². The van der Waals surface area contributed by atoms with Crippen LogP contribution >= 0.6 is 34.8 Å². The van der Waals surface area contributed by atoms with Crippen molar-refractivity contribution in [3.05, 3.63) is 108 Å². The number of rotatable bonds is 41. The lowest BCUT2D eigenvalue weighted by Gasteiger charge is -2.47. The van der Waals surface area contributed by atoms with E-state index in [2.05, 4.69) is 170 Å². The number of carbonyl (C=O) groups excluding carboxylic acids is 2. The van der Waals surface area contributed by atoms with Crippen LogP contribution in [0.25, 0.3) is 0 Å². The molecule has 7 heterocycles. The van der Waals surface area contributed by atoms with Crippen LogP contribution in [0.1, 0.15) is 221 Å². The number of alkyl halides is 3. The minimum absolute atomic E-state index is 0.00896. The molecular weight excluding hydrogens is 1810 g/mol. The lowest BCUT2D eigenvalue weighted by atomic mass is 9.90. The van der Waals surface area contributed by atoms with Gasteiger partial charge in [0, 0.05) is 29.7 Å². The van der Waals surface area contributed by atoms with Gasteiger partial charge in [-0.3, -0.25) is 15.0 Å². The van der Waals surface area contributed by atoms with Crippen molar-refractivity contribution in [1.29, 1.82) is 5.41 Å². The molecule has 3 aromatic carbocycles. The molecule has 0 amide bonds. The van der Waals surface area contributed by atoms with Crippen molar-refractivity contribution in [1.82, 2.24) is 0 Å². The van der Waals surface area contributed by atoms with Crippen LogP contribution in [0.2, 0.25) is 72.5 Å². The molecule has 131 heavy (non-hydrogen) atoms. The van der Waals surface area contributed by atoms with Gasteiger partial charge in [-0.05, 0) is 130 Å². The minimum Gasteiger partial charge on any atom is -0.462 e. The number of hydrogen-bond acceptors (Lipinski definition) is 25. The minimum atomic E-state index is -2.70. The van der Waals surface area contributed by atoms with Crippen molar-refractivity contribution in [2.75, 3.05) is 33.0 Å². The monoisotopic (exact) mass is 1970 g/mol. The summed E-state index contributed by atoms with van der Waals surface area (Å²) in [7, 11) is -9.78. The number of halogens is 3. The molecule has 0 aliphatic carbocycles. The van der Waals surface area contributed by atoms with Gasteiger partial charge >= 0.3 is 11.9 Å². The van der Waals surface area contributed by atoms with Crippen LogP contribution in [0.4, 0.5) is 0 Å². The van der Waals surface area contributed by atoms with Crippen LogP contribution in [-0.2, 0) is 126 Å². The van der Waals surface area contributed by atoms with Crippen LogP contribution in [-0.4, -0.2) is 228 Å². The summed E-state index contributed by atoms with van der Waals surface area (Å²) >= 11 is 19.0. The van der Waals surface area contributed by atoms with Crippen LogP contribution in [0, 0.1) is 35.0 Å². The van der Waals surface area contributed by atoms with Gasteiger partial charge in [-0.15, -0.1) is 0 Å². The molecule has 0 aromatic heterocycles. The molecule has 32 heteroatoms. The predicted octanol–water partition coefficient (Wildman–Crippen LogP) is 21.6. The highest BCUT2D eigenvalue weighted by Gasteiger charge is 2.63. The maximum absolute atomic E-state index is 15.3. The highest BCUT2D eigenvalue weighted by Crippen LogP contribution is 2.51. The summed E-state index contributed by atoms with van der Waals surface area (Å²) in [6.07, 6.45) is -14.5. The second-order valence-electron chi connectivity index (χ2n) is 44.6. The molecule has 7 fully saturated rings. The first-order valence-electron chi connectivity index (χ1n) is 47.9. The van der Waals surface area contributed by atoms with E-state index in [1.165, 1.54) is 0 Å². The average molecular weight is 1970 g/mol. The highest BCUT2D eigenvalue weighted by atomic mass is 35.6. The number of ether oxygens (including phenoxy) is 18. The first-order chi connectivity index (χ1) is 60.8. The van der Waals surface area contributed by atoms with Crippen molar-refractivity contribution >= 4 is 85.9 Å². The Balaban J connectivity index is 0.848. The molecule has 744 valence electrons. The molecule has 0 bridgehead atoms. The van der Waals surface area contributed by atoms with Crippen molar-refractivity contribution in [2.45, 2.75) is 434 Å². The lowest BCUT2D eigenvalue weighted by Crippen LogP contribution is -2.61. The fourth-order valence-electron chi connectivity index (χ4n) is 17.0. The Morgan fingerprint density at radius 3 is 1.60 bits per heavy atom. The maximum atomic E-state index is 15.3. The Hall–Kier alpha value is -2.95. The molecule has 10 rings (SSSR count). The van der Waals surface area contributed by atoms with E-state index in [4.69, 9.17) is 143 Å². The second kappa shape index (κ2) is 44.9. The van der Waals surface area contributed by atoms with Crippen molar-refractivity contribution in [2.24, 2.45) is 29.6 Å². The molecule has 3 aromatic rings. The Kier molecular flexibility index (Phi) is 37.7. The van der Waals surface area contributed by atoms with Crippen LogP contribution < -0.4 is 0 Å². The van der Waals surface area contributed by atoms with Crippen LogP contribution in [0.5, 0.6) is 0 Å². The molecule has 28 atom stereocenters. The smallest absolute Gasteiger partial charge is 0.308 e. The van der Waals surface area contributed by atoms with E-state index in [0.717, 1.165) is 23.1 Å². The second-order valence-corrected chi connectivity index (χ2v) is 66.0. The van der Waals surface area contributed by atoms with E-state index in [-0.39, 0.29) is 109 Å². The summed E-state index contributed by atoms with van der Waals surface area (Å²) in [5.41, 5.74) is 1.81. The van der Waals surface area contributed by atoms with Crippen molar-refractivity contribution in [3.63, 3.8) is 0 Å². The Morgan fingerprint density at radius 1 is 0.519 bits per heavy atom. The summed E-state index contributed by atoms with van der Waals surface area (Å²) < 4.78 is 149. The summed E-state index contributed by atoms with van der Waals surface area (Å²) in [4.78, 5) is 30.5. The van der Waals surface area contributed by atoms with E-state index in [9.17, 15) is 0 Å². The Labute approximate surface area is 802 Å². The lowest BCUT2D eigenvalue weighted by molar-refractivity contribution is -0.327. The highest BCUT2D eigenvalue weighted by molar-refractivity contribution is 6.76. The van der Waals surface area contributed by atoms with Gasteiger partial charge in [0.1, 0.15) is 66.6 Å². The van der Waals surface area contributed by atoms with Gasteiger partial charge in [-0.25, -0.2) is 0 Å². The molecule has 7 aliphatic rings. The number of carbonyl (C=O) groups is 2. The third kappa shape index (κ3) is 28.3. The molecule has 25 nitrogen and oxygen atoms in total. The van der Waals surface area contributed by atoms with E-state index in [0.29, 0.717) is 26.1 Å². The fourth-order valence-corrected chi connectivity index (χ4v) is 22.3. The van der Waals surface area contributed by atoms with Gasteiger partial charge < -0.3 is 103 Å². The predicted molar refractivity (Wildman–Crippen MR) is 517 cm³/mol. The molecule has 7 aliphatic heterocycles. The maximum Gasteiger partial charge on any atom is 0.308 e. The standard InChI is InChI=1S/C99H162Cl3NO24Si4/c1-32-60(3)72(114-77(104)51-71(126-130(28,29)95(16,17)18)50-73(61(4)33-2)115-88-64(7)81(127-131(30,31)96(19,20)21)76(116-88)57-111-128(24,25)93(10,11)12)49-70(125-129(26,27)94(13,14)15)52-78(105)117-79-62(5)82(90(113-65(79)8)121-92(103)99(100,101)102)108-56-75-84-85(123-97(22,23)122-84)83(66(9)112-75)119-87-63(6)80(74(55-109-87)107-54-68-45-39-35-40-46-68)118-91-86-98(59-110-91,58-106-53-67-43-37-34-38-44-67)124-89(120-86)69-47-41-36-42-48-69/h34-48,60-66,70-76,79-91,103H,32-33,49-59H2,1-31H3/t60-,61-,62?,63?,64?,65?,66-,70-,71-,72-,73-,74-,75-,76+,79+,80?,81?,82?,83-,84?,85?,86?,87-,88+,89-,90-,91+,98-/m0/s1. The fraction of sp³-hybridized carbons (Fsp3) is 0.788. The molecule has 7 saturated heterocycles. The van der Waals surface area contributed by atoms with Gasteiger partial charge in [0.2, 0.25) is 12.2 Å². The van der Waals surface area contributed by atoms with Gasteiger partial charge in [-0.1, -0.05) is 270 Å².